The summed E-state index contributed by atoms with van der Waals surface area (Å²) < 4.78 is 6.02. The Morgan fingerprint density at radius 2 is 2.26 bits per heavy atom. The van der Waals surface area contributed by atoms with Crippen LogP contribution in [0.25, 0.3) is 0 Å². The second-order valence-corrected chi connectivity index (χ2v) is 6.21. The van der Waals surface area contributed by atoms with Crippen molar-refractivity contribution in [2.75, 3.05) is 26.7 Å². The van der Waals surface area contributed by atoms with Gasteiger partial charge >= 0.3 is 0 Å². The third-order valence-corrected chi connectivity index (χ3v) is 3.97. The van der Waals surface area contributed by atoms with Crippen LogP contribution in [0, 0.1) is 0 Å². The molecule has 0 saturated carbocycles. The van der Waals surface area contributed by atoms with Crippen LogP contribution in [0.2, 0.25) is 0 Å². The summed E-state index contributed by atoms with van der Waals surface area (Å²) in [6.07, 6.45) is 0.757. The van der Waals surface area contributed by atoms with Crippen molar-refractivity contribution in [1.29, 1.82) is 0 Å². The highest BCUT2D eigenvalue weighted by atomic mass is 16.6. The highest BCUT2D eigenvalue weighted by Crippen LogP contribution is 2.28. The average molecular weight is 316 g/mol. The largest absolute Gasteiger partial charge is 0.490 e. The van der Waals surface area contributed by atoms with Crippen LogP contribution in [-0.2, 0) is 4.84 Å². The number of rotatable bonds is 5. The first-order chi connectivity index (χ1) is 11.1. The summed E-state index contributed by atoms with van der Waals surface area (Å²) in [6.45, 7) is 6.30. The Morgan fingerprint density at radius 3 is 2.87 bits per heavy atom. The number of benzene rings is 1. The predicted octanol–water partition coefficient (Wildman–Crippen LogP) is 1.62. The molecule has 1 unspecified atom stereocenters. The molecule has 0 aromatic heterocycles. The van der Waals surface area contributed by atoms with Gasteiger partial charge in [-0.05, 0) is 26.0 Å². The molecule has 0 fully saturated rings. The second-order valence-electron chi connectivity index (χ2n) is 6.21. The van der Waals surface area contributed by atoms with Crippen molar-refractivity contribution in [3.05, 3.63) is 29.3 Å². The van der Waals surface area contributed by atoms with Crippen molar-refractivity contribution >= 4 is 11.5 Å². The molecule has 0 spiro atoms. The van der Waals surface area contributed by atoms with Crippen molar-refractivity contribution < 1.29 is 9.57 Å². The molecule has 3 rings (SSSR count). The van der Waals surface area contributed by atoms with Gasteiger partial charge in [0, 0.05) is 37.7 Å². The molecule has 1 atom stereocenters. The third kappa shape index (κ3) is 3.32. The lowest BCUT2D eigenvalue weighted by Gasteiger charge is -2.18. The van der Waals surface area contributed by atoms with E-state index in [-0.39, 0.29) is 12.2 Å². The summed E-state index contributed by atoms with van der Waals surface area (Å²) in [5.41, 5.74) is 8.60. The zero-order valence-corrected chi connectivity index (χ0v) is 14.0. The molecule has 1 aromatic rings. The first-order valence-corrected chi connectivity index (χ1v) is 8.08. The number of oxime groups is 1. The molecule has 0 saturated heterocycles. The summed E-state index contributed by atoms with van der Waals surface area (Å²) in [7, 11) is 2.06. The lowest BCUT2D eigenvalue weighted by Crippen LogP contribution is -2.24. The van der Waals surface area contributed by atoms with E-state index in [0.29, 0.717) is 13.0 Å². The van der Waals surface area contributed by atoms with Crippen LogP contribution in [0.4, 0.5) is 0 Å². The number of hydrogen-bond donors (Lipinski definition) is 1. The van der Waals surface area contributed by atoms with Gasteiger partial charge in [-0.25, -0.2) is 0 Å². The molecule has 124 valence electrons. The van der Waals surface area contributed by atoms with E-state index in [4.69, 9.17) is 15.3 Å². The molecule has 0 aliphatic carbocycles. The maximum absolute atomic E-state index is 6.02. The van der Waals surface area contributed by atoms with E-state index in [1.165, 1.54) is 0 Å². The molecule has 2 aliphatic heterocycles. The first kappa shape index (κ1) is 15.8. The summed E-state index contributed by atoms with van der Waals surface area (Å²) in [6, 6.07) is 6.17. The van der Waals surface area contributed by atoms with E-state index in [2.05, 4.69) is 28.2 Å². The Balaban J connectivity index is 1.93. The number of hydrogen-bond acceptors (Lipinski definition) is 6. The van der Waals surface area contributed by atoms with Crippen LogP contribution < -0.4 is 10.5 Å². The van der Waals surface area contributed by atoms with Crippen LogP contribution in [0.3, 0.4) is 0 Å². The van der Waals surface area contributed by atoms with E-state index < -0.39 is 0 Å². The van der Waals surface area contributed by atoms with Gasteiger partial charge in [-0.1, -0.05) is 11.2 Å². The first-order valence-electron chi connectivity index (χ1n) is 8.08. The van der Waals surface area contributed by atoms with Gasteiger partial charge in [0.25, 0.3) is 0 Å². The fourth-order valence-electron chi connectivity index (χ4n) is 2.81. The molecule has 2 aliphatic rings. The zero-order valence-electron chi connectivity index (χ0n) is 14.0. The predicted molar refractivity (Wildman–Crippen MR) is 91.3 cm³/mol. The van der Waals surface area contributed by atoms with Gasteiger partial charge in [0.1, 0.15) is 17.7 Å². The summed E-state index contributed by atoms with van der Waals surface area (Å²) in [5.74, 6) is 1.83. The highest BCUT2D eigenvalue weighted by Gasteiger charge is 2.25. The van der Waals surface area contributed by atoms with Gasteiger partial charge in [0.2, 0.25) is 0 Å². The normalized spacial score (nSPS) is 20.6. The van der Waals surface area contributed by atoms with Crippen molar-refractivity contribution in [2.45, 2.75) is 32.5 Å². The Hall–Kier alpha value is -2.08. The van der Waals surface area contributed by atoms with Crippen LogP contribution in [0.1, 0.15) is 31.4 Å². The Morgan fingerprint density at radius 1 is 1.43 bits per heavy atom. The highest BCUT2D eigenvalue weighted by molar-refractivity contribution is 6.06. The van der Waals surface area contributed by atoms with Gasteiger partial charge in [-0.2, -0.15) is 0 Å². The summed E-state index contributed by atoms with van der Waals surface area (Å²) >= 11 is 0. The van der Waals surface area contributed by atoms with Crippen LogP contribution in [0.5, 0.6) is 5.75 Å². The van der Waals surface area contributed by atoms with E-state index in [1.807, 2.05) is 26.0 Å². The number of aliphatic imine (C=N–C) groups is 1. The molecule has 1 aromatic carbocycles. The number of nitrogens with two attached hydrogens (primary N) is 1. The van der Waals surface area contributed by atoms with Crippen molar-refractivity contribution in [3.8, 4) is 5.75 Å². The van der Waals surface area contributed by atoms with E-state index in [9.17, 15) is 0 Å². The monoisotopic (exact) mass is 316 g/mol. The molecule has 0 amide bonds. The number of amidine groups is 1. The smallest absolute Gasteiger partial charge is 0.145 e. The van der Waals surface area contributed by atoms with Crippen molar-refractivity contribution in [3.63, 3.8) is 0 Å². The fourth-order valence-corrected chi connectivity index (χ4v) is 2.81. The average Bonchev–Trinajstić information content (AvgIpc) is 3.15. The minimum absolute atomic E-state index is 0.0399. The van der Waals surface area contributed by atoms with Crippen LogP contribution >= 0.6 is 0 Å². The van der Waals surface area contributed by atoms with Crippen LogP contribution in [-0.4, -0.2) is 55.3 Å². The van der Waals surface area contributed by atoms with E-state index >= 15 is 0 Å². The Labute approximate surface area is 137 Å². The lowest BCUT2D eigenvalue weighted by molar-refractivity contribution is 0.0918. The van der Waals surface area contributed by atoms with Gasteiger partial charge in [0.15, 0.2) is 0 Å². The molecule has 2 N–H and O–H groups in total. The Kier molecular flexibility index (Phi) is 4.52. The van der Waals surface area contributed by atoms with Crippen molar-refractivity contribution in [1.82, 2.24) is 4.90 Å². The lowest BCUT2D eigenvalue weighted by atomic mass is 10.0. The van der Waals surface area contributed by atoms with E-state index in [1.54, 1.807) is 0 Å². The summed E-state index contributed by atoms with van der Waals surface area (Å²) in [5, 5.41) is 4.18. The SMILES string of the molecule is CC(C)Oc1cc(C2=NCCN2C)ccc1C1=NOC(CN)C1. The maximum atomic E-state index is 6.02. The standard InChI is InChI=1S/C17H24N4O2/c1-11(2)22-16-8-12(17-19-6-7-21(17)3)4-5-14(16)15-9-13(10-18)23-20-15/h4-5,8,11,13H,6-7,9-10,18H2,1-3H3. The van der Waals surface area contributed by atoms with Gasteiger partial charge in [0.05, 0.1) is 18.4 Å². The van der Waals surface area contributed by atoms with Crippen LogP contribution in [0.15, 0.2) is 28.3 Å². The minimum atomic E-state index is -0.0399. The van der Waals surface area contributed by atoms with E-state index in [0.717, 1.165) is 41.5 Å². The molecule has 0 bridgehead atoms. The number of likely N-dealkylation sites (N-methyl/N-ethyl adjacent to an activating group) is 1. The second kappa shape index (κ2) is 6.58. The zero-order chi connectivity index (χ0) is 16.4. The fraction of sp³-hybridized carbons (Fsp3) is 0.529. The molecular formula is C17H24N4O2. The third-order valence-electron chi connectivity index (χ3n) is 3.97. The molecule has 6 heteroatoms. The van der Waals surface area contributed by atoms with Gasteiger partial charge < -0.3 is 20.2 Å². The van der Waals surface area contributed by atoms with Crippen molar-refractivity contribution in [2.24, 2.45) is 15.9 Å². The minimum Gasteiger partial charge on any atom is -0.490 e. The molecular weight excluding hydrogens is 292 g/mol. The topological polar surface area (TPSA) is 72.4 Å². The number of nitrogens with zero attached hydrogens (tertiary/aromatic N) is 3. The summed E-state index contributed by atoms with van der Waals surface area (Å²) in [4.78, 5) is 12.1. The van der Waals surface area contributed by atoms with Gasteiger partial charge in [-0.3, -0.25) is 4.99 Å². The molecule has 2 heterocycles. The number of ether oxygens (including phenoxy) is 1. The molecule has 0 radical (unpaired) electrons. The molecule has 6 nitrogen and oxygen atoms in total. The molecule has 23 heavy (non-hydrogen) atoms. The maximum Gasteiger partial charge on any atom is 0.145 e. The van der Waals surface area contributed by atoms with Gasteiger partial charge in [-0.15, -0.1) is 0 Å². The quantitative estimate of drug-likeness (QED) is 0.896. The Bertz CT molecular complexity index is 639.